The second-order valence-corrected chi connectivity index (χ2v) is 4.11. The maximum atomic E-state index is 13.2. The Labute approximate surface area is 99.6 Å². The number of hydrogen-bond donors (Lipinski definition) is 3. The Morgan fingerprint density at radius 2 is 2.29 bits per heavy atom. The van der Waals surface area contributed by atoms with Gasteiger partial charge in [-0.25, -0.2) is 9.18 Å². The van der Waals surface area contributed by atoms with Crippen LogP contribution in [0.15, 0.2) is 24.3 Å². The fourth-order valence-corrected chi connectivity index (χ4v) is 1.88. The molecule has 0 spiro atoms. The molecule has 0 aliphatic carbocycles. The van der Waals surface area contributed by atoms with Crippen LogP contribution >= 0.6 is 0 Å². The molecule has 1 aromatic rings. The van der Waals surface area contributed by atoms with E-state index in [1.807, 2.05) is 0 Å². The third kappa shape index (κ3) is 3.42. The lowest BCUT2D eigenvalue weighted by atomic mass is 10.2. The summed E-state index contributed by atoms with van der Waals surface area (Å²) >= 11 is 0. The maximum Gasteiger partial charge on any atom is 0.319 e. The van der Waals surface area contributed by atoms with E-state index < -0.39 is 5.82 Å². The molecule has 1 heterocycles. The molecular weight excluding hydrogens is 221 g/mol. The number of amides is 2. The van der Waals surface area contributed by atoms with Gasteiger partial charge in [0.25, 0.3) is 0 Å². The highest BCUT2D eigenvalue weighted by molar-refractivity contribution is 5.89. The van der Waals surface area contributed by atoms with E-state index in [-0.39, 0.29) is 11.7 Å². The van der Waals surface area contributed by atoms with Crippen LogP contribution in [-0.2, 0) is 0 Å². The Bertz CT molecular complexity index is 391. The topological polar surface area (TPSA) is 53.2 Å². The summed E-state index contributed by atoms with van der Waals surface area (Å²) in [5, 5.41) is 8.47. The number of carbonyl (C=O) groups excluding carboxylic acids is 1. The molecule has 2 amide bonds. The number of rotatable bonds is 3. The second kappa shape index (κ2) is 5.63. The fraction of sp³-hybridized carbons (Fsp3) is 0.417. The summed E-state index contributed by atoms with van der Waals surface area (Å²) in [6, 6.07) is 6.07. The quantitative estimate of drug-likeness (QED) is 0.749. The van der Waals surface area contributed by atoms with Crippen molar-refractivity contribution in [3.05, 3.63) is 30.1 Å². The average Bonchev–Trinajstić information content (AvgIpc) is 2.82. The van der Waals surface area contributed by atoms with Crippen molar-refractivity contribution < 1.29 is 9.18 Å². The van der Waals surface area contributed by atoms with E-state index in [4.69, 9.17) is 0 Å². The standard InChI is InChI=1S/C12H16FN3O/c13-10-5-1-2-6-11(10)16-12(17)15-8-9-4-3-7-14-9/h1-2,5-6,9,14H,3-4,7-8H2,(H2,15,16,17). The molecule has 92 valence electrons. The van der Waals surface area contributed by atoms with Crippen LogP contribution in [0.4, 0.5) is 14.9 Å². The number of halogens is 1. The smallest absolute Gasteiger partial charge is 0.319 e. The average molecular weight is 237 g/mol. The molecule has 1 aliphatic rings. The van der Waals surface area contributed by atoms with Crippen LogP contribution in [-0.4, -0.2) is 25.2 Å². The SMILES string of the molecule is O=C(NCC1CCCN1)Nc1ccccc1F. The molecule has 1 aromatic carbocycles. The second-order valence-electron chi connectivity index (χ2n) is 4.11. The van der Waals surface area contributed by atoms with E-state index in [0.717, 1.165) is 19.4 Å². The summed E-state index contributed by atoms with van der Waals surface area (Å²) in [5.74, 6) is -0.429. The van der Waals surface area contributed by atoms with Gasteiger partial charge in [0.05, 0.1) is 5.69 Å². The lowest BCUT2D eigenvalue weighted by Crippen LogP contribution is -2.39. The molecule has 1 unspecified atom stereocenters. The van der Waals surface area contributed by atoms with Gasteiger partial charge in [0.15, 0.2) is 0 Å². The molecule has 0 bridgehead atoms. The van der Waals surface area contributed by atoms with E-state index in [1.165, 1.54) is 12.1 Å². The van der Waals surface area contributed by atoms with E-state index in [0.29, 0.717) is 12.6 Å². The Hall–Kier alpha value is -1.62. The van der Waals surface area contributed by atoms with Crippen LogP contribution in [0.2, 0.25) is 0 Å². The van der Waals surface area contributed by atoms with Gasteiger partial charge in [-0.2, -0.15) is 0 Å². The first-order valence-electron chi connectivity index (χ1n) is 5.78. The van der Waals surface area contributed by atoms with Crippen molar-refractivity contribution in [2.75, 3.05) is 18.4 Å². The van der Waals surface area contributed by atoms with Gasteiger partial charge in [0, 0.05) is 12.6 Å². The number of nitrogens with one attached hydrogen (secondary N) is 3. The Kier molecular flexibility index (Phi) is 3.93. The monoisotopic (exact) mass is 237 g/mol. The molecule has 0 aromatic heterocycles. The lowest BCUT2D eigenvalue weighted by molar-refractivity contribution is 0.251. The lowest BCUT2D eigenvalue weighted by Gasteiger charge is -2.12. The third-order valence-corrected chi connectivity index (χ3v) is 2.79. The van der Waals surface area contributed by atoms with Crippen LogP contribution in [0.25, 0.3) is 0 Å². The van der Waals surface area contributed by atoms with Crippen molar-refractivity contribution in [2.45, 2.75) is 18.9 Å². The van der Waals surface area contributed by atoms with Crippen molar-refractivity contribution in [1.29, 1.82) is 0 Å². The number of anilines is 1. The number of carbonyl (C=O) groups is 1. The molecule has 0 radical (unpaired) electrons. The summed E-state index contributed by atoms with van der Waals surface area (Å²) in [4.78, 5) is 11.5. The predicted octanol–water partition coefficient (Wildman–Crippen LogP) is 1.70. The first-order valence-corrected chi connectivity index (χ1v) is 5.78. The van der Waals surface area contributed by atoms with Crippen LogP contribution in [0.1, 0.15) is 12.8 Å². The molecule has 1 saturated heterocycles. The number of urea groups is 1. The summed E-state index contributed by atoms with van der Waals surface area (Å²) in [7, 11) is 0. The highest BCUT2D eigenvalue weighted by Gasteiger charge is 2.14. The van der Waals surface area contributed by atoms with Crippen LogP contribution in [0, 0.1) is 5.82 Å². The minimum atomic E-state index is -0.429. The molecule has 4 nitrogen and oxygen atoms in total. The minimum absolute atomic E-state index is 0.199. The van der Waals surface area contributed by atoms with Gasteiger partial charge in [-0.1, -0.05) is 12.1 Å². The van der Waals surface area contributed by atoms with E-state index in [1.54, 1.807) is 12.1 Å². The zero-order valence-corrected chi connectivity index (χ0v) is 9.50. The molecule has 5 heteroatoms. The highest BCUT2D eigenvalue weighted by Crippen LogP contribution is 2.11. The zero-order valence-electron chi connectivity index (χ0n) is 9.50. The summed E-state index contributed by atoms with van der Waals surface area (Å²) in [6.45, 7) is 1.57. The van der Waals surface area contributed by atoms with Crippen molar-refractivity contribution in [3.63, 3.8) is 0 Å². The van der Waals surface area contributed by atoms with Gasteiger partial charge in [0.2, 0.25) is 0 Å². The van der Waals surface area contributed by atoms with Crippen molar-refractivity contribution in [3.8, 4) is 0 Å². The summed E-state index contributed by atoms with van der Waals surface area (Å²) < 4.78 is 13.2. The number of benzene rings is 1. The predicted molar refractivity (Wildman–Crippen MR) is 64.4 cm³/mol. The first kappa shape index (κ1) is 11.9. The van der Waals surface area contributed by atoms with Crippen LogP contribution in [0.5, 0.6) is 0 Å². The Morgan fingerprint density at radius 1 is 1.47 bits per heavy atom. The minimum Gasteiger partial charge on any atom is -0.336 e. The fourth-order valence-electron chi connectivity index (χ4n) is 1.88. The normalized spacial score (nSPS) is 19.0. The molecule has 1 atom stereocenters. The summed E-state index contributed by atoms with van der Waals surface area (Å²) in [5.41, 5.74) is 0.199. The molecular formula is C12H16FN3O. The third-order valence-electron chi connectivity index (χ3n) is 2.79. The van der Waals surface area contributed by atoms with E-state index >= 15 is 0 Å². The highest BCUT2D eigenvalue weighted by atomic mass is 19.1. The number of hydrogen-bond acceptors (Lipinski definition) is 2. The van der Waals surface area contributed by atoms with Gasteiger partial charge in [-0.05, 0) is 31.5 Å². The molecule has 17 heavy (non-hydrogen) atoms. The maximum absolute atomic E-state index is 13.2. The van der Waals surface area contributed by atoms with Crippen LogP contribution < -0.4 is 16.0 Å². The van der Waals surface area contributed by atoms with Crippen molar-refractivity contribution >= 4 is 11.7 Å². The molecule has 3 N–H and O–H groups in total. The van der Waals surface area contributed by atoms with Gasteiger partial charge >= 0.3 is 6.03 Å². The van der Waals surface area contributed by atoms with Crippen LogP contribution in [0.3, 0.4) is 0 Å². The molecule has 2 rings (SSSR count). The Morgan fingerprint density at radius 3 is 3.00 bits per heavy atom. The van der Waals surface area contributed by atoms with Crippen molar-refractivity contribution in [2.24, 2.45) is 0 Å². The van der Waals surface area contributed by atoms with E-state index in [2.05, 4.69) is 16.0 Å². The van der Waals surface area contributed by atoms with Gasteiger partial charge < -0.3 is 16.0 Å². The van der Waals surface area contributed by atoms with Gasteiger partial charge in [-0.3, -0.25) is 0 Å². The molecule has 1 aliphatic heterocycles. The summed E-state index contributed by atoms with van der Waals surface area (Å²) in [6.07, 6.45) is 2.21. The molecule has 0 saturated carbocycles. The van der Waals surface area contributed by atoms with Gasteiger partial charge in [0.1, 0.15) is 5.82 Å². The zero-order chi connectivity index (χ0) is 12.1. The van der Waals surface area contributed by atoms with E-state index in [9.17, 15) is 9.18 Å². The largest absolute Gasteiger partial charge is 0.336 e. The Balaban J connectivity index is 1.79. The van der Waals surface area contributed by atoms with Gasteiger partial charge in [-0.15, -0.1) is 0 Å². The van der Waals surface area contributed by atoms with Crippen molar-refractivity contribution in [1.82, 2.24) is 10.6 Å². The number of para-hydroxylation sites is 1. The molecule has 1 fully saturated rings. The first-order chi connectivity index (χ1) is 8.25.